The van der Waals surface area contributed by atoms with Crippen molar-refractivity contribution in [2.24, 2.45) is 17.6 Å². The lowest BCUT2D eigenvalue weighted by atomic mass is 9.96. The minimum atomic E-state index is -0.390. The van der Waals surface area contributed by atoms with Gasteiger partial charge < -0.3 is 20.9 Å². The number of carbonyl (C=O) groups is 3. The van der Waals surface area contributed by atoms with Crippen molar-refractivity contribution < 1.29 is 14.4 Å². The lowest BCUT2D eigenvalue weighted by Crippen LogP contribution is -2.38. The van der Waals surface area contributed by atoms with Crippen LogP contribution in [0.3, 0.4) is 0 Å². The Kier molecular flexibility index (Phi) is 6.27. The molecule has 2 fully saturated rings. The van der Waals surface area contributed by atoms with E-state index in [0.717, 1.165) is 41.8 Å². The van der Waals surface area contributed by atoms with Crippen LogP contribution >= 0.6 is 15.9 Å². The minimum Gasteiger partial charge on any atom is -0.371 e. The van der Waals surface area contributed by atoms with Crippen LogP contribution in [0, 0.1) is 11.8 Å². The molecule has 8 heteroatoms. The molecule has 0 spiro atoms. The van der Waals surface area contributed by atoms with Crippen molar-refractivity contribution in [3.05, 3.63) is 53.0 Å². The largest absolute Gasteiger partial charge is 0.371 e. The fourth-order valence-corrected chi connectivity index (χ4v) is 4.59. The molecule has 2 saturated heterocycles. The second kappa shape index (κ2) is 9.09. The van der Waals surface area contributed by atoms with Crippen LogP contribution in [-0.2, 0) is 14.4 Å². The van der Waals surface area contributed by atoms with E-state index in [1.54, 1.807) is 4.90 Å². The van der Waals surface area contributed by atoms with E-state index in [2.05, 4.69) is 26.1 Å². The Morgan fingerprint density at radius 3 is 2.35 bits per heavy atom. The molecule has 1 atom stereocenters. The third-order valence-corrected chi connectivity index (χ3v) is 6.51. The Hall–Kier alpha value is -2.87. The van der Waals surface area contributed by atoms with E-state index in [1.807, 2.05) is 48.5 Å². The maximum absolute atomic E-state index is 12.7. The summed E-state index contributed by atoms with van der Waals surface area (Å²) in [6.07, 6.45) is 1.72. The Morgan fingerprint density at radius 2 is 1.71 bits per heavy atom. The summed E-state index contributed by atoms with van der Waals surface area (Å²) in [5.41, 5.74) is 7.95. The van der Waals surface area contributed by atoms with Crippen molar-refractivity contribution in [3.8, 4) is 0 Å². The van der Waals surface area contributed by atoms with Crippen molar-refractivity contribution in [1.82, 2.24) is 0 Å². The first kappa shape index (κ1) is 21.4. The molecule has 0 aliphatic carbocycles. The van der Waals surface area contributed by atoms with Gasteiger partial charge in [-0.25, -0.2) is 0 Å². The van der Waals surface area contributed by atoms with Crippen molar-refractivity contribution in [3.63, 3.8) is 0 Å². The molecule has 7 nitrogen and oxygen atoms in total. The Bertz CT molecular complexity index is 987. The number of piperidine rings is 1. The molecule has 4 rings (SSSR count). The fourth-order valence-electron chi connectivity index (χ4n) is 4.20. The van der Waals surface area contributed by atoms with Gasteiger partial charge in [0.2, 0.25) is 17.7 Å². The third kappa shape index (κ3) is 4.90. The summed E-state index contributed by atoms with van der Waals surface area (Å²) in [5, 5.41) is 2.93. The van der Waals surface area contributed by atoms with Gasteiger partial charge in [0.1, 0.15) is 0 Å². The molecule has 3 amide bonds. The number of nitrogens with one attached hydrogen (secondary N) is 1. The predicted octanol–water partition coefficient (Wildman–Crippen LogP) is 3.14. The van der Waals surface area contributed by atoms with Gasteiger partial charge in [-0.3, -0.25) is 14.4 Å². The number of rotatable bonds is 5. The SMILES string of the molecule is NC(=O)C1CCN(c2ccc(NC(=O)[C@@H]3CC(=O)N(c4cccc(Br)c4)C3)cc2)CC1. The number of primary amides is 1. The Balaban J connectivity index is 1.34. The number of hydrogen-bond donors (Lipinski definition) is 2. The Labute approximate surface area is 189 Å². The first-order valence-electron chi connectivity index (χ1n) is 10.4. The molecule has 2 aromatic rings. The van der Waals surface area contributed by atoms with Crippen LogP contribution < -0.4 is 20.9 Å². The zero-order chi connectivity index (χ0) is 22.0. The molecule has 162 valence electrons. The molecular formula is C23H25BrN4O3. The highest BCUT2D eigenvalue weighted by Crippen LogP contribution is 2.29. The maximum Gasteiger partial charge on any atom is 0.229 e. The van der Waals surface area contributed by atoms with Crippen LogP contribution in [0.25, 0.3) is 0 Å². The molecule has 0 saturated carbocycles. The van der Waals surface area contributed by atoms with Gasteiger partial charge in [-0.15, -0.1) is 0 Å². The smallest absolute Gasteiger partial charge is 0.229 e. The quantitative estimate of drug-likeness (QED) is 0.681. The van der Waals surface area contributed by atoms with Crippen LogP contribution in [0.1, 0.15) is 19.3 Å². The highest BCUT2D eigenvalue weighted by Gasteiger charge is 2.35. The van der Waals surface area contributed by atoms with Crippen LogP contribution in [0.2, 0.25) is 0 Å². The minimum absolute atomic E-state index is 0.0412. The van der Waals surface area contributed by atoms with Crippen LogP contribution in [0.4, 0.5) is 17.1 Å². The number of nitrogens with zero attached hydrogens (tertiary/aromatic N) is 2. The Morgan fingerprint density at radius 1 is 1.00 bits per heavy atom. The molecular weight excluding hydrogens is 460 g/mol. The van der Waals surface area contributed by atoms with Crippen molar-refractivity contribution in [2.75, 3.05) is 34.8 Å². The number of carbonyl (C=O) groups excluding carboxylic acids is 3. The zero-order valence-electron chi connectivity index (χ0n) is 17.1. The number of benzene rings is 2. The fraction of sp³-hybridized carbons (Fsp3) is 0.348. The first-order chi connectivity index (χ1) is 14.9. The van der Waals surface area contributed by atoms with E-state index < -0.39 is 0 Å². The van der Waals surface area contributed by atoms with Crippen LogP contribution in [0.15, 0.2) is 53.0 Å². The van der Waals surface area contributed by atoms with Crippen molar-refractivity contribution in [1.29, 1.82) is 0 Å². The first-order valence-corrected chi connectivity index (χ1v) is 11.2. The summed E-state index contributed by atoms with van der Waals surface area (Å²) >= 11 is 3.42. The number of hydrogen-bond acceptors (Lipinski definition) is 4. The van der Waals surface area contributed by atoms with E-state index in [1.165, 1.54) is 0 Å². The molecule has 0 bridgehead atoms. The average molecular weight is 485 g/mol. The van der Waals surface area contributed by atoms with Gasteiger partial charge in [-0.05, 0) is 55.3 Å². The monoisotopic (exact) mass is 484 g/mol. The molecule has 2 aromatic carbocycles. The zero-order valence-corrected chi connectivity index (χ0v) is 18.7. The average Bonchev–Trinajstić information content (AvgIpc) is 3.16. The number of amides is 3. The van der Waals surface area contributed by atoms with Gasteiger partial charge in [-0.1, -0.05) is 22.0 Å². The van der Waals surface area contributed by atoms with Gasteiger partial charge in [0.05, 0.1) is 5.92 Å². The van der Waals surface area contributed by atoms with Crippen LogP contribution in [0.5, 0.6) is 0 Å². The van der Waals surface area contributed by atoms with Gasteiger partial charge in [0, 0.05) is 53.5 Å². The topological polar surface area (TPSA) is 95.7 Å². The summed E-state index contributed by atoms with van der Waals surface area (Å²) < 4.78 is 0.893. The summed E-state index contributed by atoms with van der Waals surface area (Å²) in [6.45, 7) is 1.94. The lowest BCUT2D eigenvalue weighted by molar-refractivity contribution is -0.122. The second-order valence-electron chi connectivity index (χ2n) is 8.09. The summed E-state index contributed by atoms with van der Waals surface area (Å²) in [5.74, 6) is -0.852. The molecule has 2 aliphatic rings. The van der Waals surface area contributed by atoms with Gasteiger partial charge in [0.25, 0.3) is 0 Å². The summed E-state index contributed by atoms with van der Waals surface area (Å²) in [4.78, 5) is 40.4. The van der Waals surface area contributed by atoms with Crippen molar-refractivity contribution >= 4 is 50.7 Å². The number of anilines is 3. The van der Waals surface area contributed by atoms with E-state index in [4.69, 9.17) is 5.73 Å². The van der Waals surface area contributed by atoms with Crippen LogP contribution in [-0.4, -0.2) is 37.4 Å². The van der Waals surface area contributed by atoms with E-state index in [-0.39, 0.29) is 36.0 Å². The third-order valence-electron chi connectivity index (χ3n) is 6.01. The molecule has 31 heavy (non-hydrogen) atoms. The van der Waals surface area contributed by atoms with E-state index in [0.29, 0.717) is 12.2 Å². The normalized spacial score (nSPS) is 19.5. The molecule has 0 aromatic heterocycles. The molecule has 2 aliphatic heterocycles. The summed E-state index contributed by atoms with van der Waals surface area (Å²) in [6, 6.07) is 15.2. The van der Waals surface area contributed by atoms with Gasteiger partial charge in [-0.2, -0.15) is 0 Å². The molecule has 2 heterocycles. The highest BCUT2D eigenvalue weighted by molar-refractivity contribution is 9.10. The second-order valence-corrected chi connectivity index (χ2v) is 9.00. The van der Waals surface area contributed by atoms with Crippen molar-refractivity contribution in [2.45, 2.75) is 19.3 Å². The van der Waals surface area contributed by atoms with E-state index >= 15 is 0 Å². The van der Waals surface area contributed by atoms with Gasteiger partial charge in [0.15, 0.2) is 0 Å². The number of halogens is 1. The highest BCUT2D eigenvalue weighted by atomic mass is 79.9. The van der Waals surface area contributed by atoms with E-state index in [9.17, 15) is 14.4 Å². The predicted molar refractivity (Wildman–Crippen MR) is 124 cm³/mol. The lowest BCUT2D eigenvalue weighted by Gasteiger charge is -2.32. The maximum atomic E-state index is 12.7. The van der Waals surface area contributed by atoms with Gasteiger partial charge >= 0.3 is 0 Å². The molecule has 0 unspecified atom stereocenters. The standard InChI is InChI=1S/C23H25BrN4O3/c24-17-2-1-3-20(13-17)28-14-16(12-21(28)29)23(31)26-18-4-6-19(7-5-18)27-10-8-15(9-11-27)22(25)30/h1-7,13,15-16H,8-12,14H2,(H2,25,30)(H,26,31)/t16-/m1/s1. The molecule has 0 radical (unpaired) electrons. The molecule has 3 N–H and O–H groups in total. The number of nitrogens with two attached hydrogens (primary N) is 1. The summed E-state index contributed by atoms with van der Waals surface area (Å²) in [7, 11) is 0.